The molecule has 0 unspecified atom stereocenters. The van der Waals surface area contributed by atoms with E-state index in [0.717, 1.165) is 38.2 Å². The lowest BCUT2D eigenvalue weighted by molar-refractivity contribution is -0.696. The number of anilines is 1. The quantitative estimate of drug-likeness (QED) is 0.222. The maximum atomic E-state index is 10.6. The van der Waals surface area contributed by atoms with Crippen LogP contribution in [0.15, 0.2) is 43.0 Å². The molecule has 0 aliphatic heterocycles. The van der Waals surface area contributed by atoms with E-state index in [1.54, 1.807) is 12.1 Å². The summed E-state index contributed by atoms with van der Waals surface area (Å²) in [7, 11) is 0. The van der Waals surface area contributed by atoms with Gasteiger partial charge in [0, 0.05) is 36.7 Å². The summed E-state index contributed by atoms with van der Waals surface area (Å²) in [5, 5.41) is 13.8. The number of imidazole rings is 1. The van der Waals surface area contributed by atoms with Gasteiger partial charge in [-0.05, 0) is 18.6 Å². The zero-order chi connectivity index (χ0) is 15.8. The van der Waals surface area contributed by atoms with Crippen molar-refractivity contribution in [2.24, 2.45) is 0 Å². The average Bonchev–Trinajstić information content (AvgIpc) is 2.98. The minimum absolute atomic E-state index is 0. The maximum Gasteiger partial charge on any atom is 0.269 e. The van der Waals surface area contributed by atoms with Gasteiger partial charge in [0.2, 0.25) is 6.33 Å². The second-order valence-corrected chi connectivity index (χ2v) is 5.39. The molecule has 0 spiro atoms. The topological polar surface area (TPSA) is 64.0 Å². The van der Waals surface area contributed by atoms with Gasteiger partial charge in [0.05, 0.1) is 18.0 Å². The highest BCUT2D eigenvalue weighted by molar-refractivity contribution is 6.17. The van der Waals surface area contributed by atoms with Gasteiger partial charge in [0.15, 0.2) is 0 Å². The van der Waals surface area contributed by atoms with Gasteiger partial charge in [-0.2, -0.15) is 0 Å². The van der Waals surface area contributed by atoms with Crippen LogP contribution in [0.5, 0.6) is 0 Å². The van der Waals surface area contributed by atoms with E-state index in [1.165, 1.54) is 12.1 Å². The largest absolute Gasteiger partial charge is 1.00 e. The number of nitrogens with one attached hydrogen (secondary N) is 1. The SMILES string of the molecule is O=[N+]([O-])c1ccc(NCCC[n+]2ccn(CCCCl)c2)cc1.[Cl-]. The van der Waals surface area contributed by atoms with E-state index in [9.17, 15) is 10.1 Å². The van der Waals surface area contributed by atoms with Crippen molar-refractivity contribution in [3.63, 3.8) is 0 Å². The lowest BCUT2D eigenvalue weighted by Crippen LogP contribution is -3.00. The molecule has 0 bridgehead atoms. The van der Waals surface area contributed by atoms with Gasteiger partial charge < -0.3 is 17.7 Å². The third-order valence-corrected chi connectivity index (χ3v) is 3.56. The molecule has 0 fully saturated rings. The molecule has 23 heavy (non-hydrogen) atoms. The minimum atomic E-state index is -0.394. The average molecular weight is 359 g/mol. The second kappa shape index (κ2) is 10.1. The Kier molecular flexibility index (Phi) is 8.43. The smallest absolute Gasteiger partial charge is 0.269 e. The summed E-state index contributed by atoms with van der Waals surface area (Å²) in [5.74, 6) is 0.678. The fourth-order valence-corrected chi connectivity index (χ4v) is 2.26. The van der Waals surface area contributed by atoms with E-state index in [1.807, 2.05) is 0 Å². The van der Waals surface area contributed by atoms with Crippen LogP contribution >= 0.6 is 11.6 Å². The number of hydrogen-bond donors (Lipinski definition) is 1. The molecule has 1 N–H and O–H groups in total. The van der Waals surface area contributed by atoms with E-state index < -0.39 is 4.92 Å². The molecule has 1 aromatic carbocycles. The number of non-ortho nitro benzene ring substituents is 1. The third kappa shape index (κ3) is 6.46. The Hall–Kier alpha value is -1.79. The highest BCUT2D eigenvalue weighted by atomic mass is 35.5. The number of halogens is 2. The van der Waals surface area contributed by atoms with Crippen molar-refractivity contribution in [3.05, 3.63) is 53.1 Å². The first-order valence-electron chi connectivity index (χ1n) is 7.28. The predicted octanol–water partition coefficient (Wildman–Crippen LogP) is -0.181. The summed E-state index contributed by atoms with van der Waals surface area (Å²) in [6, 6.07) is 6.48. The fourth-order valence-electron chi connectivity index (χ4n) is 2.14. The first-order valence-corrected chi connectivity index (χ1v) is 7.81. The number of rotatable bonds is 9. The Balaban J connectivity index is 0.00000264. The zero-order valence-corrected chi connectivity index (χ0v) is 14.2. The molecule has 0 aliphatic rings. The Morgan fingerprint density at radius 1 is 1.26 bits per heavy atom. The molecule has 8 heteroatoms. The Labute approximate surface area is 146 Å². The van der Waals surface area contributed by atoms with Crippen molar-refractivity contribution in [1.29, 1.82) is 0 Å². The summed E-state index contributed by atoms with van der Waals surface area (Å²) in [6.07, 6.45) is 8.13. The monoisotopic (exact) mass is 358 g/mol. The van der Waals surface area contributed by atoms with Gasteiger partial charge in [0.1, 0.15) is 12.4 Å². The van der Waals surface area contributed by atoms with Gasteiger partial charge in [-0.1, -0.05) is 0 Å². The van der Waals surface area contributed by atoms with E-state index in [-0.39, 0.29) is 18.1 Å². The van der Waals surface area contributed by atoms with Gasteiger partial charge in [-0.3, -0.25) is 10.1 Å². The second-order valence-electron chi connectivity index (χ2n) is 5.02. The third-order valence-electron chi connectivity index (χ3n) is 3.30. The first kappa shape index (κ1) is 19.3. The Morgan fingerprint density at radius 2 is 2.00 bits per heavy atom. The standard InChI is InChI=1S/C15H20ClN4O2.ClH/c16-7-1-9-18-11-12-19(13-18)10-2-8-17-14-3-5-15(6-4-14)20(21)22;/h3-6,11-13,17H,1-2,7-10H2;1H/q+1;/p-1. The van der Waals surface area contributed by atoms with E-state index in [0.29, 0.717) is 5.88 Å². The van der Waals surface area contributed by atoms with Crippen LogP contribution < -0.4 is 22.3 Å². The molecule has 0 radical (unpaired) electrons. The molecular weight excluding hydrogens is 339 g/mol. The normalized spacial score (nSPS) is 10.1. The van der Waals surface area contributed by atoms with Crippen molar-refractivity contribution >= 4 is 23.0 Å². The number of aromatic nitrogens is 2. The van der Waals surface area contributed by atoms with Crippen LogP contribution in [0, 0.1) is 10.1 Å². The van der Waals surface area contributed by atoms with Crippen LogP contribution in [0.4, 0.5) is 11.4 Å². The van der Waals surface area contributed by atoms with Gasteiger partial charge in [-0.25, -0.2) is 9.13 Å². The van der Waals surface area contributed by atoms with E-state index >= 15 is 0 Å². The fraction of sp³-hybridized carbons (Fsp3) is 0.400. The summed E-state index contributed by atoms with van der Waals surface area (Å²) in [5.41, 5.74) is 1.01. The lowest BCUT2D eigenvalue weighted by atomic mass is 10.3. The molecule has 1 aromatic heterocycles. The van der Waals surface area contributed by atoms with E-state index in [4.69, 9.17) is 11.6 Å². The first-order chi connectivity index (χ1) is 10.7. The zero-order valence-electron chi connectivity index (χ0n) is 12.7. The van der Waals surface area contributed by atoms with Crippen molar-refractivity contribution in [3.8, 4) is 0 Å². The summed E-state index contributed by atoms with van der Waals surface area (Å²) in [4.78, 5) is 10.2. The molecular formula is C15H20Cl2N4O2. The number of alkyl halides is 1. The molecule has 0 saturated heterocycles. The Bertz CT molecular complexity index is 602. The predicted molar refractivity (Wildman–Crippen MR) is 86.2 cm³/mol. The van der Waals surface area contributed by atoms with Crippen molar-refractivity contribution in [1.82, 2.24) is 4.57 Å². The van der Waals surface area contributed by atoms with Crippen LogP contribution in [-0.2, 0) is 13.1 Å². The molecule has 126 valence electrons. The van der Waals surface area contributed by atoms with Crippen molar-refractivity contribution in [2.45, 2.75) is 25.9 Å². The molecule has 0 aliphatic carbocycles. The molecule has 0 amide bonds. The maximum absolute atomic E-state index is 10.6. The molecule has 0 saturated carbocycles. The van der Waals surface area contributed by atoms with Crippen molar-refractivity contribution < 1.29 is 21.9 Å². The van der Waals surface area contributed by atoms with Crippen LogP contribution in [-0.4, -0.2) is 21.9 Å². The van der Waals surface area contributed by atoms with Crippen LogP contribution in [0.25, 0.3) is 0 Å². The summed E-state index contributed by atoms with van der Waals surface area (Å²) >= 11 is 5.68. The number of nitro benzene ring substituents is 1. The minimum Gasteiger partial charge on any atom is -1.00 e. The molecule has 2 aromatic rings. The highest BCUT2D eigenvalue weighted by Gasteiger charge is 2.04. The van der Waals surface area contributed by atoms with E-state index in [2.05, 4.69) is 33.2 Å². The van der Waals surface area contributed by atoms with Crippen molar-refractivity contribution in [2.75, 3.05) is 17.7 Å². The van der Waals surface area contributed by atoms with Crippen LogP contribution in [0.3, 0.4) is 0 Å². The number of hydrogen-bond acceptors (Lipinski definition) is 3. The number of benzene rings is 1. The summed E-state index contributed by atoms with van der Waals surface area (Å²) < 4.78 is 4.28. The number of nitro groups is 1. The molecule has 2 rings (SSSR count). The van der Waals surface area contributed by atoms with Gasteiger partial charge in [-0.15, -0.1) is 11.6 Å². The number of aryl methyl sites for hydroxylation is 2. The van der Waals surface area contributed by atoms with Gasteiger partial charge in [0.25, 0.3) is 5.69 Å². The lowest BCUT2D eigenvalue weighted by Gasteiger charge is -2.04. The van der Waals surface area contributed by atoms with Crippen LogP contribution in [0.1, 0.15) is 12.8 Å². The Morgan fingerprint density at radius 3 is 2.65 bits per heavy atom. The molecule has 6 nitrogen and oxygen atoms in total. The highest BCUT2D eigenvalue weighted by Crippen LogP contribution is 2.15. The molecule has 0 atom stereocenters. The van der Waals surface area contributed by atoms with Gasteiger partial charge >= 0.3 is 0 Å². The molecule has 1 heterocycles. The summed E-state index contributed by atoms with van der Waals surface area (Å²) in [6.45, 7) is 2.68. The van der Waals surface area contributed by atoms with Crippen LogP contribution in [0.2, 0.25) is 0 Å². The number of nitrogens with zero attached hydrogens (tertiary/aromatic N) is 3.